The Hall–Kier alpha value is -3.03. The predicted molar refractivity (Wildman–Crippen MR) is 107 cm³/mol. The van der Waals surface area contributed by atoms with E-state index >= 15 is 0 Å². The van der Waals surface area contributed by atoms with Gasteiger partial charge < -0.3 is 15.6 Å². The van der Waals surface area contributed by atoms with E-state index in [2.05, 4.69) is 33.8 Å². The number of rotatable bonds is 7. The third-order valence-electron chi connectivity index (χ3n) is 5.00. The molecule has 28 heavy (non-hydrogen) atoms. The van der Waals surface area contributed by atoms with Crippen LogP contribution in [-0.4, -0.2) is 50.5 Å². The van der Waals surface area contributed by atoms with Crippen LogP contribution in [0.3, 0.4) is 0 Å². The molecule has 0 unspecified atom stereocenters. The minimum Gasteiger partial charge on any atom is -0.411 e. The normalized spacial score (nSPS) is 14.5. The molecule has 2 heterocycles. The monoisotopic (exact) mass is 377 g/mol. The molecule has 1 aliphatic rings. The van der Waals surface area contributed by atoms with Crippen LogP contribution in [0.15, 0.2) is 54.1 Å². The average molecular weight is 377 g/mol. The summed E-state index contributed by atoms with van der Waals surface area (Å²) in [6.45, 7) is 2.15. The first-order chi connectivity index (χ1) is 13.8. The van der Waals surface area contributed by atoms with Gasteiger partial charge in [-0.1, -0.05) is 23.4 Å². The Labute approximate surface area is 163 Å². The maximum absolute atomic E-state index is 9.16. The van der Waals surface area contributed by atoms with Gasteiger partial charge in [-0.2, -0.15) is 5.10 Å². The zero-order valence-corrected chi connectivity index (χ0v) is 15.5. The van der Waals surface area contributed by atoms with Crippen molar-refractivity contribution >= 4 is 5.71 Å². The van der Waals surface area contributed by atoms with Gasteiger partial charge >= 0.3 is 0 Å². The molecule has 0 aliphatic heterocycles. The topological polar surface area (TPSA) is 95.6 Å². The van der Waals surface area contributed by atoms with Gasteiger partial charge in [0, 0.05) is 48.4 Å². The summed E-state index contributed by atoms with van der Waals surface area (Å²) in [7, 11) is 0. The van der Waals surface area contributed by atoms with Crippen LogP contribution in [0.5, 0.6) is 0 Å². The van der Waals surface area contributed by atoms with Crippen molar-refractivity contribution in [3.63, 3.8) is 0 Å². The first-order valence-electron chi connectivity index (χ1n) is 9.44. The molecule has 3 N–H and O–H groups in total. The highest BCUT2D eigenvalue weighted by Crippen LogP contribution is 2.34. The molecule has 0 saturated heterocycles. The average Bonchev–Trinajstić information content (AvgIpc) is 3.35. The Morgan fingerprint density at radius 3 is 2.68 bits per heavy atom. The van der Waals surface area contributed by atoms with Crippen molar-refractivity contribution in [2.75, 3.05) is 19.7 Å². The van der Waals surface area contributed by atoms with Crippen LogP contribution >= 0.6 is 0 Å². The van der Waals surface area contributed by atoms with Crippen LogP contribution in [0, 0.1) is 0 Å². The first-order valence-corrected chi connectivity index (χ1v) is 9.44. The van der Waals surface area contributed by atoms with E-state index in [9.17, 15) is 0 Å². The molecule has 144 valence electrons. The SMILES string of the molecule is OCCNCCn1cc(-c2ccc3c(c2)CC/C3=N\O)c(-c2ccncc2)n1. The van der Waals surface area contributed by atoms with E-state index in [4.69, 9.17) is 15.4 Å². The van der Waals surface area contributed by atoms with Crippen molar-refractivity contribution < 1.29 is 10.3 Å². The van der Waals surface area contributed by atoms with Gasteiger partial charge in [0.05, 0.1) is 18.9 Å². The summed E-state index contributed by atoms with van der Waals surface area (Å²) in [5.74, 6) is 0. The maximum atomic E-state index is 9.16. The second kappa shape index (κ2) is 8.33. The second-order valence-electron chi connectivity index (χ2n) is 6.78. The van der Waals surface area contributed by atoms with Crippen LogP contribution < -0.4 is 5.32 Å². The molecule has 7 nitrogen and oxygen atoms in total. The van der Waals surface area contributed by atoms with Gasteiger partial charge in [0.1, 0.15) is 5.69 Å². The standard InChI is InChI=1S/C21H23N5O2/c27-12-10-23-9-11-26-14-19(21(24-26)15-5-7-22-8-6-15)17-1-3-18-16(13-17)2-4-20(18)25-28/h1,3,5-8,13-14,23,27-28H,2,4,9-12H2/b25-20+. The molecule has 3 aromatic rings. The molecule has 7 heteroatoms. The zero-order chi connectivity index (χ0) is 19.3. The Bertz CT molecular complexity index is 982. The van der Waals surface area contributed by atoms with Crippen LogP contribution in [0.4, 0.5) is 0 Å². The largest absolute Gasteiger partial charge is 0.411 e. The number of oxime groups is 1. The fourth-order valence-electron chi connectivity index (χ4n) is 3.61. The van der Waals surface area contributed by atoms with E-state index in [1.807, 2.05) is 22.9 Å². The number of benzene rings is 1. The second-order valence-corrected chi connectivity index (χ2v) is 6.78. The highest BCUT2D eigenvalue weighted by Gasteiger charge is 2.20. The summed E-state index contributed by atoms with van der Waals surface area (Å²) in [6, 6.07) is 10.2. The lowest BCUT2D eigenvalue weighted by Crippen LogP contribution is -2.23. The van der Waals surface area contributed by atoms with E-state index < -0.39 is 0 Å². The number of hydrogen-bond donors (Lipinski definition) is 3. The molecule has 1 aliphatic carbocycles. The molecule has 0 radical (unpaired) electrons. The number of aliphatic hydroxyl groups excluding tert-OH is 1. The lowest BCUT2D eigenvalue weighted by molar-refractivity contribution is 0.291. The Kier molecular flexibility index (Phi) is 5.45. The van der Waals surface area contributed by atoms with Crippen LogP contribution in [0.25, 0.3) is 22.4 Å². The molecule has 2 aromatic heterocycles. The maximum Gasteiger partial charge on any atom is 0.100 e. The number of aromatic nitrogens is 3. The van der Waals surface area contributed by atoms with Crippen LogP contribution in [-0.2, 0) is 13.0 Å². The molecule has 4 rings (SSSR count). The predicted octanol–water partition coefficient (Wildman–Crippen LogP) is 2.32. The van der Waals surface area contributed by atoms with E-state index in [1.54, 1.807) is 12.4 Å². The van der Waals surface area contributed by atoms with Crippen molar-refractivity contribution in [3.05, 3.63) is 60.0 Å². The first kappa shape index (κ1) is 18.3. The van der Waals surface area contributed by atoms with E-state index in [0.29, 0.717) is 13.1 Å². The number of nitrogens with zero attached hydrogens (tertiary/aromatic N) is 4. The number of aryl methyl sites for hydroxylation is 1. The molecule has 0 fully saturated rings. The molecule has 0 atom stereocenters. The van der Waals surface area contributed by atoms with Crippen molar-refractivity contribution in [2.24, 2.45) is 5.16 Å². The summed E-state index contributed by atoms with van der Waals surface area (Å²) < 4.78 is 1.93. The molecule has 0 amide bonds. The summed E-state index contributed by atoms with van der Waals surface area (Å²) >= 11 is 0. The molecular weight excluding hydrogens is 354 g/mol. The van der Waals surface area contributed by atoms with Gasteiger partial charge in [-0.25, -0.2) is 0 Å². The third kappa shape index (κ3) is 3.67. The van der Waals surface area contributed by atoms with Gasteiger partial charge in [-0.15, -0.1) is 0 Å². The van der Waals surface area contributed by atoms with Gasteiger partial charge in [-0.05, 0) is 36.1 Å². The lowest BCUT2D eigenvalue weighted by atomic mass is 9.98. The minimum atomic E-state index is 0.126. The quantitative estimate of drug-likeness (QED) is 0.334. The fraction of sp³-hybridized carbons (Fsp3) is 0.286. The highest BCUT2D eigenvalue weighted by atomic mass is 16.4. The number of nitrogens with one attached hydrogen (secondary N) is 1. The number of fused-ring (bicyclic) bond motifs is 1. The van der Waals surface area contributed by atoms with E-state index in [0.717, 1.165) is 53.0 Å². The van der Waals surface area contributed by atoms with Crippen LogP contribution in [0.2, 0.25) is 0 Å². The van der Waals surface area contributed by atoms with E-state index in [1.165, 1.54) is 5.56 Å². The third-order valence-corrected chi connectivity index (χ3v) is 5.00. The lowest BCUT2D eigenvalue weighted by Gasteiger charge is -2.06. The van der Waals surface area contributed by atoms with Crippen molar-refractivity contribution in [3.8, 4) is 22.4 Å². The van der Waals surface area contributed by atoms with Gasteiger partial charge in [0.25, 0.3) is 0 Å². The molecule has 0 bridgehead atoms. The summed E-state index contributed by atoms with van der Waals surface area (Å²) in [6.07, 6.45) is 7.25. The summed E-state index contributed by atoms with van der Waals surface area (Å²) in [5, 5.41) is 29.5. The Morgan fingerprint density at radius 1 is 1.04 bits per heavy atom. The Morgan fingerprint density at radius 2 is 1.89 bits per heavy atom. The van der Waals surface area contributed by atoms with Gasteiger partial charge in [0.15, 0.2) is 0 Å². The highest BCUT2D eigenvalue weighted by molar-refractivity contribution is 6.04. The van der Waals surface area contributed by atoms with Crippen molar-refractivity contribution in [1.82, 2.24) is 20.1 Å². The number of aliphatic hydroxyl groups is 1. The van der Waals surface area contributed by atoms with E-state index in [-0.39, 0.29) is 6.61 Å². The van der Waals surface area contributed by atoms with Crippen LogP contribution in [0.1, 0.15) is 17.5 Å². The van der Waals surface area contributed by atoms with Crippen molar-refractivity contribution in [1.29, 1.82) is 0 Å². The smallest absolute Gasteiger partial charge is 0.100 e. The molecule has 0 saturated carbocycles. The molecular formula is C21H23N5O2. The van der Waals surface area contributed by atoms with Crippen molar-refractivity contribution in [2.45, 2.75) is 19.4 Å². The number of hydrogen-bond acceptors (Lipinski definition) is 6. The van der Waals surface area contributed by atoms with Gasteiger partial charge in [0.2, 0.25) is 0 Å². The summed E-state index contributed by atoms with van der Waals surface area (Å²) in [5.41, 5.74) is 7.07. The summed E-state index contributed by atoms with van der Waals surface area (Å²) in [4.78, 5) is 4.11. The zero-order valence-electron chi connectivity index (χ0n) is 15.5. The minimum absolute atomic E-state index is 0.126. The fourth-order valence-corrected chi connectivity index (χ4v) is 3.61. The Balaban J connectivity index is 1.70. The number of pyridine rings is 1. The molecule has 1 aromatic carbocycles. The molecule has 0 spiro atoms. The van der Waals surface area contributed by atoms with Gasteiger partial charge in [-0.3, -0.25) is 9.67 Å².